The van der Waals surface area contributed by atoms with Crippen LogP contribution in [0.2, 0.25) is 0 Å². The first kappa shape index (κ1) is 20.9. The Labute approximate surface area is 161 Å². The molecule has 0 unspecified atom stereocenters. The number of alkyl carbamates (subject to hydrolysis) is 1. The van der Waals surface area contributed by atoms with Crippen LogP contribution in [0, 0.1) is 0 Å². The molecule has 0 atom stereocenters. The number of nitrogens with two attached hydrogens (primary N) is 1. The third-order valence-electron chi connectivity index (χ3n) is 4.37. The van der Waals surface area contributed by atoms with Gasteiger partial charge in [-0.1, -0.05) is 0 Å². The molecule has 0 radical (unpaired) electrons. The van der Waals surface area contributed by atoms with Crippen molar-refractivity contribution in [3.63, 3.8) is 0 Å². The predicted molar refractivity (Wildman–Crippen MR) is 106 cm³/mol. The van der Waals surface area contributed by atoms with Crippen molar-refractivity contribution in [2.45, 2.75) is 71.1 Å². The summed E-state index contributed by atoms with van der Waals surface area (Å²) >= 11 is 0. The van der Waals surface area contributed by atoms with Crippen LogP contribution in [-0.2, 0) is 9.47 Å². The van der Waals surface area contributed by atoms with Crippen LogP contribution >= 0.6 is 0 Å². The first-order chi connectivity index (χ1) is 12.7. The maximum absolute atomic E-state index is 11.9. The highest BCUT2D eigenvalue weighted by molar-refractivity contribution is 5.92. The summed E-state index contributed by atoms with van der Waals surface area (Å²) in [5, 5.41) is 6.38. The van der Waals surface area contributed by atoms with Gasteiger partial charge in [-0.25, -0.2) is 9.59 Å². The minimum Gasteiger partial charge on any atom is -0.462 e. The minimum atomic E-state index is -0.490. The van der Waals surface area contributed by atoms with Crippen LogP contribution in [0.4, 0.5) is 16.2 Å². The molecular formula is C20H31N3O4. The summed E-state index contributed by atoms with van der Waals surface area (Å²) in [7, 11) is 0. The molecule has 0 saturated heterocycles. The molecule has 7 nitrogen and oxygen atoms in total. The first-order valence-corrected chi connectivity index (χ1v) is 9.50. The highest BCUT2D eigenvalue weighted by Crippen LogP contribution is 2.26. The number of amides is 1. The number of carbonyl (C=O) groups excluding carboxylic acids is 2. The van der Waals surface area contributed by atoms with Crippen LogP contribution in [0.1, 0.15) is 63.7 Å². The van der Waals surface area contributed by atoms with E-state index in [0.29, 0.717) is 17.9 Å². The third-order valence-corrected chi connectivity index (χ3v) is 4.37. The van der Waals surface area contributed by atoms with E-state index in [1.165, 1.54) is 0 Å². The average Bonchev–Trinajstić information content (AvgIpc) is 2.57. The lowest BCUT2D eigenvalue weighted by Crippen LogP contribution is -2.42. The zero-order chi connectivity index (χ0) is 20.0. The fraction of sp³-hybridized carbons (Fsp3) is 0.600. The fourth-order valence-corrected chi connectivity index (χ4v) is 3.11. The van der Waals surface area contributed by atoms with Crippen molar-refractivity contribution >= 4 is 23.4 Å². The monoisotopic (exact) mass is 377 g/mol. The van der Waals surface area contributed by atoms with Crippen LogP contribution in [0.25, 0.3) is 0 Å². The highest BCUT2D eigenvalue weighted by atomic mass is 16.6. The molecular weight excluding hydrogens is 346 g/mol. The minimum absolute atomic E-state index is 0.126. The van der Waals surface area contributed by atoms with Gasteiger partial charge >= 0.3 is 12.1 Å². The van der Waals surface area contributed by atoms with Crippen LogP contribution < -0.4 is 16.4 Å². The molecule has 1 aliphatic carbocycles. The van der Waals surface area contributed by atoms with E-state index in [2.05, 4.69) is 10.6 Å². The number of rotatable bonds is 5. The fourth-order valence-electron chi connectivity index (χ4n) is 3.11. The Morgan fingerprint density at radius 3 is 2.33 bits per heavy atom. The molecule has 1 aromatic carbocycles. The van der Waals surface area contributed by atoms with Gasteiger partial charge in [0.05, 0.1) is 23.5 Å². The second-order valence-corrected chi connectivity index (χ2v) is 7.86. The maximum Gasteiger partial charge on any atom is 0.407 e. The number of nitrogens with one attached hydrogen (secondary N) is 2. The molecule has 27 heavy (non-hydrogen) atoms. The number of carbonyl (C=O) groups is 2. The van der Waals surface area contributed by atoms with Gasteiger partial charge in [0.1, 0.15) is 5.60 Å². The van der Waals surface area contributed by atoms with E-state index >= 15 is 0 Å². The highest BCUT2D eigenvalue weighted by Gasteiger charge is 2.25. The van der Waals surface area contributed by atoms with Crippen molar-refractivity contribution in [2.75, 3.05) is 17.7 Å². The van der Waals surface area contributed by atoms with E-state index in [9.17, 15) is 9.59 Å². The van der Waals surface area contributed by atoms with Crippen molar-refractivity contribution in [2.24, 2.45) is 0 Å². The molecule has 0 spiro atoms. The Kier molecular flexibility index (Phi) is 6.93. The SMILES string of the molecule is CCOC(=O)c1ccc(NC2CCC(NC(=O)OC(C)(C)C)CC2)c(N)c1. The van der Waals surface area contributed by atoms with Gasteiger partial charge in [-0.2, -0.15) is 0 Å². The molecule has 150 valence electrons. The van der Waals surface area contributed by atoms with Gasteiger partial charge in [0, 0.05) is 12.1 Å². The van der Waals surface area contributed by atoms with Crippen molar-refractivity contribution in [1.82, 2.24) is 5.32 Å². The second-order valence-electron chi connectivity index (χ2n) is 7.86. The lowest BCUT2D eigenvalue weighted by atomic mass is 9.91. The molecule has 2 rings (SSSR count). The quantitative estimate of drug-likeness (QED) is 0.534. The van der Waals surface area contributed by atoms with E-state index in [1.807, 2.05) is 26.8 Å². The third kappa shape index (κ3) is 6.66. The summed E-state index contributed by atoms with van der Waals surface area (Å²) in [4.78, 5) is 23.6. The number of ether oxygens (including phenoxy) is 2. The van der Waals surface area contributed by atoms with Gasteiger partial charge in [-0.15, -0.1) is 0 Å². The van der Waals surface area contributed by atoms with Crippen LogP contribution in [0.3, 0.4) is 0 Å². The lowest BCUT2D eigenvalue weighted by Gasteiger charge is -2.31. The standard InChI is InChI=1S/C20H31N3O4/c1-5-26-18(24)13-6-11-17(16(21)12-13)22-14-7-9-15(10-8-14)23-19(25)27-20(2,3)4/h6,11-12,14-15,22H,5,7-10,21H2,1-4H3,(H,23,25). The topological polar surface area (TPSA) is 103 Å². The number of hydrogen-bond acceptors (Lipinski definition) is 6. The molecule has 1 aromatic rings. The van der Waals surface area contributed by atoms with E-state index < -0.39 is 5.60 Å². The van der Waals surface area contributed by atoms with Gasteiger partial charge in [0.2, 0.25) is 0 Å². The zero-order valence-corrected chi connectivity index (χ0v) is 16.6. The number of benzene rings is 1. The van der Waals surface area contributed by atoms with E-state index in [0.717, 1.165) is 31.4 Å². The zero-order valence-electron chi connectivity index (χ0n) is 16.6. The van der Waals surface area contributed by atoms with Gasteiger partial charge in [-0.3, -0.25) is 0 Å². The van der Waals surface area contributed by atoms with Gasteiger partial charge in [0.15, 0.2) is 0 Å². The molecule has 0 aliphatic heterocycles. The summed E-state index contributed by atoms with van der Waals surface area (Å²) in [6, 6.07) is 5.56. The largest absolute Gasteiger partial charge is 0.462 e. The van der Waals surface area contributed by atoms with Gasteiger partial charge < -0.3 is 25.8 Å². The molecule has 1 saturated carbocycles. The number of esters is 1. The number of nitrogen functional groups attached to an aromatic ring is 1. The van der Waals surface area contributed by atoms with E-state index in [1.54, 1.807) is 19.1 Å². The van der Waals surface area contributed by atoms with Crippen molar-refractivity contribution < 1.29 is 19.1 Å². The van der Waals surface area contributed by atoms with Crippen molar-refractivity contribution in [3.05, 3.63) is 23.8 Å². The van der Waals surface area contributed by atoms with Crippen LogP contribution in [0.5, 0.6) is 0 Å². The second kappa shape index (κ2) is 8.97. The summed E-state index contributed by atoms with van der Waals surface area (Å²) in [6.45, 7) is 7.66. The Balaban J connectivity index is 1.83. The smallest absolute Gasteiger partial charge is 0.407 e. The maximum atomic E-state index is 11.9. The normalized spacial score (nSPS) is 19.9. The summed E-state index contributed by atoms with van der Waals surface area (Å²) < 4.78 is 10.3. The van der Waals surface area contributed by atoms with Crippen molar-refractivity contribution in [3.8, 4) is 0 Å². The van der Waals surface area contributed by atoms with Crippen LogP contribution in [-0.4, -0.2) is 36.4 Å². The van der Waals surface area contributed by atoms with Gasteiger partial charge in [0.25, 0.3) is 0 Å². The van der Waals surface area contributed by atoms with Crippen LogP contribution in [0.15, 0.2) is 18.2 Å². The molecule has 4 N–H and O–H groups in total. The van der Waals surface area contributed by atoms with E-state index in [-0.39, 0.29) is 24.1 Å². The molecule has 1 aliphatic rings. The number of anilines is 2. The first-order valence-electron chi connectivity index (χ1n) is 9.50. The molecule has 0 bridgehead atoms. The average molecular weight is 377 g/mol. The van der Waals surface area contributed by atoms with E-state index in [4.69, 9.17) is 15.2 Å². The Morgan fingerprint density at radius 1 is 1.15 bits per heavy atom. The molecule has 1 amide bonds. The lowest BCUT2D eigenvalue weighted by molar-refractivity contribution is 0.0489. The Morgan fingerprint density at radius 2 is 1.78 bits per heavy atom. The molecule has 0 aromatic heterocycles. The molecule has 1 fully saturated rings. The molecule has 7 heteroatoms. The number of hydrogen-bond donors (Lipinski definition) is 3. The predicted octanol–water partition coefficient (Wildman–Crippen LogP) is 3.69. The summed E-state index contributed by atoms with van der Waals surface area (Å²) in [5.74, 6) is -0.371. The summed E-state index contributed by atoms with van der Waals surface area (Å²) in [5.41, 5.74) is 7.37. The molecule has 0 heterocycles. The summed E-state index contributed by atoms with van der Waals surface area (Å²) in [6.07, 6.45) is 3.21. The van der Waals surface area contributed by atoms with Crippen molar-refractivity contribution in [1.29, 1.82) is 0 Å². The van der Waals surface area contributed by atoms with Gasteiger partial charge in [-0.05, 0) is 71.6 Å². The Hall–Kier alpha value is -2.44. The Bertz CT molecular complexity index is 662.